The smallest absolute Gasteiger partial charge is 0.326 e. The summed E-state index contributed by atoms with van der Waals surface area (Å²) in [4.78, 5) is 12.6. The fourth-order valence-electron chi connectivity index (χ4n) is 3.16. The number of alkyl halides is 3. The van der Waals surface area contributed by atoms with E-state index in [4.69, 9.17) is 11.6 Å². The average molecular weight is 447 g/mol. The van der Waals surface area contributed by atoms with Gasteiger partial charge in [0.25, 0.3) is 0 Å². The third kappa shape index (κ3) is 4.91. The number of hydrogen-bond donors (Lipinski definition) is 1. The van der Waals surface area contributed by atoms with Gasteiger partial charge < -0.3 is 5.32 Å². The number of carbonyl (C=O) groups excluding carboxylic acids is 1. The van der Waals surface area contributed by atoms with Crippen LogP contribution in [0.2, 0.25) is 5.02 Å². The summed E-state index contributed by atoms with van der Waals surface area (Å²) in [5, 5.41) is 2.02. The lowest BCUT2D eigenvalue weighted by atomic mass is 9.97. The molecular weight excluding hydrogens is 429 g/mol. The van der Waals surface area contributed by atoms with Crippen molar-refractivity contribution in [2.24, 2.45) is 5.92 Å². The molecule has 0 radical (unpaired) electrons. The first-order valence-corrected chi connectivity index (χ1v) is 10.6. The minimum Gasteiger partial charge on any atom is -0.326 e. The van der Waals surface area contributed by atoms with Crippen LogP contribution in [0.25, 0.3) is 0 Å². The van der Waals surface area contributed by atoms with Crippen molar-refractivity contribution in [3.05, 3.63) is 59.1 Å². The van der Waals surface area contributed by atoms with Gasteiger partial charge in [-0.3, -0.25) is 4.79 Å². The predicted octanol–water partition coefficient (Wildman–Crippen LogP) is 4.40. The number of piperidine rings is 1. The number of sulfonamides is 1. The molecule has 5 nitrogen and oxygen atoms in total. The molecule has 1 amide bonds. The van der Waals surface area contributed by atoms with Crippen molar-refractivity contribution < 1.29 is 26.4 Å². The molecular formula is C19H18ClF3N2O3S. The Morgan fingerprint density at radius 1 is 1.07 bits per heavy atom. The highest BCUT2D eigenvalue weighted by Crippen LogP contribution is 2.36. The lowest BCUT2D eigenvalue weighted by Gasteiger charge is -2.30. The van der Waals surface area contributed by atoms with Crippen LogP contribution in [0.3, 0.4) is 0 Å². The second-order valence-corrected chi connectivity index (χ2v) is 9.02. The molecule has 2 aromatic carbocycles. The standard InChI is InChI=1S/C19H18ClF3N2O3S/c20-17-7-6-14(12-16(17)19(21,22)23)24-18(26)13-8-10-25(11-9-13)29(27,28)15-4-2-1-3-5-15/h1-7,12-13H,8-11H2,(H,24,26). The van der Waals surface area contributed by atoms with Crippen LogP contribution in [0, 0.1) is 5.92 Å². The molecule has 0 atom stereocenters. The van der Waals surface area contributed by atoms with Crippen molar-refractivity contribution >= 4 is 33.2 Å². The fourth-order valence-corrected chi connectivity index (χ4v) is 4.88. The number of carbonyl (C=O) groups is 1. The summed E-state index contributed by atoms with van der Waals surface area (Å²) in [5.74, 6) is -0.945. The van der Waals surface area contributed by atoms with Crippen molar-refractivity contribution in [1.82, 2.24) is 4.31 Å². The average Bonchev–Trinajstić information content (AvgIpc) is 2.69. The second-order valence-electron chi connectivity index (χ2n) is 6.67. The largest absolute Gasteiger partial charge is 0.417 e. The number of nitrogens with one attached hydrogen (secondary N) is 1. The van der Waals surface area contributed by atoms with Gasteiger partial charge in [-0.1, -0.05) is 29.8 Å². The van der Waals surface area contributed by atoms with Crippen LogP contribution >= 0.6 is 11.6 Å². The highest BCUT2D eigenvalue weighted by Gasteiger charge is 2.34. The van der Waals surface area contributed by atoms with Gasteiger partial charge in [0.15, 0.2) is 0 Å². The molecule has 29 heavy (non-hydrogen) atoms. The first-order chi connectivity index (χ1) is 13.6. The number of rotatable bonds is 4. The molecule has 1 aliphatic rings. The second kappa shape index (κ2) is 8.33. The van der Waals surface area contributed by atoms with Crippen molar-refractivity contribution in [3.8, 4) is 0 Å². The Morgan fingerprint density at radius 2 is 1.69 bits per heavy atom. The lowest BCUT2D eigenvalue weighted by Crippen LogP contribution is -2.41. The molecule has 2 aromatic rings. The Morgan fingerprint density at radius 3 is 2.28 bits per heavy atom. The SMILES string of the molecule is O=C(Nc1ccc(Cl)c(C(F)(F)F)c1)C1CCN(S(=O)(=O)c2ccccc2)CC1. The Balaban J connectivity index is 1.64. The summed E-state index contributed by atoms with van der Waals surface area (Å²) >= 11 is 5.58. The summed E-state index contributed by atoms with van der Waals surface area (Å²) in [5.41, 5.74) is -1.04. The molecule has 1 N–H and O–H groups in total. The first kappa shape index (κ1) is 21.6. The van der Waals surface area contributed by atoms with Crippen molar-refractivity contribution in [1.29, 1.82) is 0 Å². The highest BCUT2D eigenvalue weighted by molar-refractivity contribution is 7.89. The van der Waals surface area contributed by atoms with E-state index in [9.17, 15) is 26.4 Å². The van der Waals surface area contributed by atoms with Crippen molar-refractivity contribution in [2.75, 3.05) is 18.4 Å². The van der Waals surface area contributed by atoms with E-state index < -0.39 is 38.6 Å². The van der Waals surface area contributed by atoms with E-state index in [0.717, 1.165) is 12.1 Å². The Bertz CT molecular complexity index is 990. The minimum absolute atomic E-state index is 0.00828. The highest BCUT2D eigenvalue weighted by atomic mass is 35.5. The molecule has 0 saturated carbocycles. The maximum absolute atomic E-state index is 13.0. The van der Waals surface area contributed by atoms with E-state index >= 15 is 0 Å². The number of nitrogens with zero attached hydrogens (tertiary/aromatic N) is 1. The summed E-state index contributed by atoms with van der Waals surface area (Å²) in [6.45, 7) is 0.313. The topological polar surface area (TPSA) is 66.5 Å². The molecule has 0 bridgehead atoms. The van der Waals surface area contributed by atoms with Crippen molar-refractivity contribution in [2.45, 2.75) is 23.9 Å². The molecule has 156 valence electrons. The van der Waals surface area contributed by atoms with E-state index in [-0.39, 0.29) is 36.5 Å². The minimum atomic E-state index is -4.63. The van der Waals surface area contributed by atoms with Gasteiger partial charge in [0, 0.05) is 24.7 Å². The van der Waals surface area contributed by atoms with Crippen LogP contribution in [0.4, 0.5) is 18.9 Å². The quantitative estimate of drug-likeness (QED) is 0.757. The summed E-state index contributed by atoms with van der Waals surface area (Å²) in [6, 6.07) is 11.2. The van der Waals surface area contributed by atoms with Gasteiger partial charge >= 0.3 is 6.18 Å². The zero-order valence-electron chi connectivity index (χ0n) is 15.1. The summed E-state index contributed by atoms with van der Waals surface area (Å²) in [6.07, 6.45) is -4.08. The third-order valence-electron chi connectivity index (χ3n) is 4.74. The van der Waals surface area contributed by atoms with Gasteiger partial charge in [-0.25, -0.2) is 8.42 Å². The normalized spacial score (nSPS) is 16.6. The van der Waals surface area contributed by atoms with Crippen LogP contribution in [-0.4, -0.2) is 31.7 Å². The number of amides is 1. The van der Waals surface area contributed by atoms with E-state index in [1.165, 1.54) is 22.5 Å². The molecule has 1 saturated heterocycles. The molecule has 1 heterocycles. The maximum atomic E-state index is 13.0. The number of hydrogen-bond acceptors (Lipinski definition) is 3. The fraction of sp³-hybridized carbons (Fsp3) is 0.316. The van der Waals surface area contributed by atoms with Gasteiger partial charge in [0.1, 0.15) is 0 Å². The van der Waals surface area contributed by atoms with Crippen molar-refractivity contribution in [3.63, 3.8) is 0 Å². The monoisotopic (exact) mass is 446 g/mol. The number of benzene rings is 2. The lowest BCUT2D eigenvalue weighted by molar-refractivity contribution is -0.137. The van der Waals surface area contributed by atoms with Crippen LogP contribution in [0.5, 0.6) is 0 Å². The molecule has 0 aromatic heterocycles. The van der Waals surface area contributed by atoms with Gasteiger partial charge in [-0.15, -0.1) is 0 Å². The Labute approximate surface area is 171 Å². The van der Waals surface area contributed by atoms with E-state index in [2.05, 4.69) is 5.32 Å². The number of anilines is 1. The Hall–Kier alpha value is -2.10. The Kier molecular flexibility index (Phi) is 6.21. The van der Waals surface area contributed by atoms with Crippen LogP contribution < -0.4 is 5.32 Å². The molecule has 0 aliphatic carbocycles. The maximum Gasteiger partial charge on any atom is 0.417 e. The zero-order valence-corrected chi connectivity index (χ0v) is 16.7. The van der Waals surface area contributed by atoms with Crippen LogP contribution in [-0.2, 0) is 21.0 Å². The predicted molar refractivity (Wildman–Crippen MR) is 103 cm³/mol. The molecule has 3 rings (SSSR count). The molecule has 1 aliphatic heterocycles. The van der Waals surface area contributed by atoms with Gasteiger partial charge in [-0.05, 0) is 43.2 Å². The van der Waals surface area contributed by atoms with E-state index in [1.807, 2.05) is 0 Å². The third-order valence-corrected chi connectivity index (χ3v) is 6.99. The molecule has 10 heteroatoms. The van der Waals surface area contributed by atoms with E-state index in [0.29, 0.717) is 0 Å². The summed E-state index contributed by atoms with van der Waals surface area (Å²) in [7, 11) is -3.63. The molecule has 0 spiro atoms. The van der Waals surface area contributed by atoms with Crippen LogP contribution in [0.1, 0.15) is 18.4 Å². The zero-order chi connectivity index (χ0) is 21.2. The number of halogens is 4. The van der Waals surface area contributed by atoms with Gasteiger partial charge in [-0.2, -0.15) is 17.5 Å². The summed E-state index contributed by atoms with van der Waals surface area (Å²) < 4.78 is 65.4. The molecule has 1 fully saturated rings. The van der Waals surface area contributed by atoms with Gasteiger partial charge in [0.05, 0.1) is 15.5 Å². The van der Waals surface area contributed by atoms with Gasteiger partial charge in [0.2, 0.25) is 15.9 Å². The van der Waals surface area contributed by atoms with Crippen LogP contribution in [0.15, 0.2) is 53.4 Å². The molecule has 0 unspecified atom stereocenters. The first-order valence-electron chi connectivity index (χ1n) is 8.82. The van der Waals surface area contributed by atoms with E-state index in [1.54, 1.807) is 18.2 Å².